The van der Waals surface area contributed by atoms with Crippen molar-refractivity contribution in [1.29, 1.82) is 0 Å². The lowest BCUT2D eigenvalue weighted by Crippen LogP contribution is -2.57. The summed E-state index contributed by atoms with van der Waals surface area (Å²) in [6, 6.07) is -4.32. The Morgan fingerprint density at radius 3 is 1.76 bits per heavy atom. The van der Waals surface area contributed by atoms with Gasteiger partial charge in [-0.1, -0.05) is 27.7 Å². The maximum atomic E-state index is 13.2. The summed E-state index contributed by atoms with van der Waals surface area (Å²) < 4.78 is 0. The summed E-state index contributed by atoms with van der Waals surface area (Å²) in [6.45, 7) is 7.70. The predicted molar refractivity (Wildman–Crippen MR) is 139 cm³/mol. The first-order valence-corrected chi connectivity index (χ1v) is 12.4. The average Bonchev–Trinajstić information content (AvgIpc) is 2.76. The number of carbonyl (C=O) groups is 5. The minimum Gasteiger partial charge on any atom is -0.480 e. The van der Waals surface area contributed by atoms with Gasteiger partial charge in [-0.05, 0) is 43.9 Å². The number of aliphatic imine (C=N–C) groups is 1. The van der Waals surface area contributed by atoms with Crippen molar-refractivity contribution >= 4 is 35.6 Å². The van der Waals surface area contributed by atoms with Gasteiger partial charge in [-0.3, -0.25) is 24.2 Å². The van der Waals surface area contributed by atoms with Crippen LogP contribution in [-0.2, 0) is 24.0 Å². The van der Waals surface area contributed by atoms with Gasteiger partial charge < -0.3 is 44.0 Å². The molecular formula is C23H44N8O6. The number of nitrogens with zero attached hydrogens (tertiary/aromatic N) is 1. The van der Waals surface area contributed by atoms with Gasteiger partial charge in [0.05, 0.1) is 6.04 Å². The van der Waals surface area contributed by atoms with Gasteiger partial charge in [-0.2, -0.15) is 0 Å². The van der Waals surface area contributed by atoms with Crippen molar-refractivity contribution in [1.82, 2.24) is 16.0 Å². The van der Waals surface area contributed by atoms with E-state index in [1.165, 1.54) is 0 Å². The summed E-state index contributed by atoms with van der Waals surface area (Å²) in [5.41, 5.74) is 21.7. The molecule has 0 aliphatic rings. The van der Waals surface area contributed by atoms with Crippen molar-refractivity contribution in [3.63, 3.8) is 0 Å². The summed E-state index contributed by atoms with van der Waals surface area (Å²) in [5.74, 6) is -3.93. The highest BCUT2D eigenvalue weighted by molar-refractivity contribution is 5.94. The number of nitrogens with one attached hydrogen (secondary N) is 3. The zero-order valence-electron chi connectivity index (χ0n) is 22.2. The number of aliphatic carboxylic acids is 1. The molecule has 4 unspecified atom stereocenters. The van der Waals surface area contributed by atoms with Crippen molar-refractivity contribution < 1.29 is 29.1 Å². The molecule has 0 saturated carbocycles. The molecule has 14 heteroatoms. The quantitative estimate of drug-likeness (QED) is 0.0569. The highest BCUT2D eigenvalue weighted by Crippen LogP contribution is 2.09. The van der Waals surface area contributed by atoms with Gasteiger partial charge in [-0.25, -0.2) is 4.79 Å². The Bertz CT molecular complexity index is 813. The fourth-order valence-corrected chi connectivity index (χ4v) is 3.46. The van der Waals surface area contributed by atoms with Crippen LogP contribution in [0, 0.1) is 11.8 Å². The van der Waals surface area contributed by atoms with E-state index in [0.29, 0.717) is 12.8 Å². The largest absolute Gasteiger partial charge is 0.480 e. The van der Waals surface area contributed by atoms with Crippen molar-refractivity contribution in [3.05, 3.63) is 0 Å². The first-order chi connectivity index (χ1) is 17.1. The smallest absolute Gasteiger partial charge is 0.326 e. The number of primary amides is 1. The van der Waals surface area contributed by atoms with Crippen LogP contribution in [0.1, 0.15) is 66.2 Å². The third-order valence-electron chi connectivity index (χ3n) is 5.27. The zero-order valence-corrected chi connectivity index (χ0v) is 22.2. The van der Waals surface area contributed by atoms with E-state index < -0.39 is 53.8 Å². The van der Waals surface area contributed by atoms with Crippen molar-refractivity contribution in [2.24, 2.45) is 39.8 Å². The molecule has 0 aromatic rings. The molecular weight excluding hydrogens is 484 g/mol. The first-order valence-electron chi connectivity index (χ1n) is 12.4. The number of carbonyl (C=O) groups excluding carboxylic acids is 4. The number of amides is 4. The summed E-state index contributed by atoms with van der Waals surface area (Å²) in [5, 5.41) is 17.0. The molecule has 0 spiro atoms. The number of hydrogen-bond acceptors (Lipinski definition) is 7. The monoisotopic (exact) mass is 528 g/mol. The van der Waals surface area contributed by atoms with E-state index in [4.69, 9.17) is 22.9 Å². The molecule has 37 heavy (non-hydrogen) atoms. The number of nitrogens with two attached hydrogens (primary N) is 4. The summed E-state index contributed by atoms with van der Waals surface area (Å²) >= 11 is 0. The second kappa shape index (κ2) is 17.1. The molecule has 0 radical (unpaired) electrons. The van der Waals surface area contributed by atoms with E-state index in [9.17, 15) is 29.1 Å². The van der Waals surface area contributed by atoms with Crippen LogP contribution in [0.15, 0.2) is 4.99 Å². The highest BCUT2D eigenvalue weighted by atomic mass is 16.4. The third kappa shape index (κ3) is 15.3. The molecule has 4 amide bonds. The molecule has 0 saturated heterocycles. The van der Waals surface area contributed by atoms with Gasteiger partial charge in [0.15, 0.2) is 5.96 Å². The molecule has 0 heterocycles. The molecule has 0 bridgehead atoms. The summed E-state index contributed by atoms with van der Waals surface area (Å²) in [7, 11) is 0. The Balaban J connectivity index is 5.62. The minimum atomic E-state index is -1.37. The van der Waals surface area contributed by atoms with Gasteiger partial charge in [0.1, 0.15) is 18.1 Å². The predicted octanol–water partition coefficient (Wildman–Crippen LogP) is -1.74. The fraction of sp³-hybridized carbons (Fsp3) is 0.739. The van der Waals surface area contributed by atoms with Crippen LogP contribution in [0.5, 0.6) is 0 Å². The molecule has 4 atom stereocenters. The molecule has 0 aromatic heterocycles. The molecule has 0 rings (SSSR count). The highest BCUT2D eigenvalue weighted by Gasteiger charge is 2.30. The van der Waals surface area contributed by atoms with Crippen LogP contribution in [0.4, 0.5) is 0 Å². The van der Waals surface area contributed by atoms with Gasteiger partial charge in [0.2, 0.25) is 23.6 Å². The van der Waals surface area contributed by atoms with Crippen LogP contribution in [-0.4, -0.2) is 71.4 Å². The van der Waals surface area contributed by atoms with Crippen molar-refractivity contribution in [3.8, 4) is 0 Å². The molecule has 0 fully saturated rings. The van der Waals surface area contributed by atoms with Gasteiger partial charge in [0, 0.05) is 13.0 Å². The maximum absolute atomic E-state index is 13.2. The van der Waals surface area contributed by atoms with Crippen LogP contribution in [0.2, 0.25) is 0 Å². The molecule has 14 nitrogen and oxygen atoms in total. The summed E-state index contributed by atoms with van der Waals surface area (Å²) in [4.78, 5) is 65.2. The van der Waals surface area contributed by atoms with Crippen molar-refractivity contribution in [2.45, 2.75) is 90.4 Å². The first kappa shape index (κ1) is 33.6. The normalized spacial score (nSPS) is 14.2. The number of carboxylic acid groups (broad SMARTS) is 1. The zero-order chi connectivity index (χ0) is 28.7. The maximum Gasteiger partial charge on any atom is 0.326 e. The van der Waals surface area contributed by atoms with Gasteiger partial charge >= 0.3 is 5.97 Å². The lowest BCUT2D eigenvalue weighted by molar-refractivity contribution is -0.142. The second-order valence-electron chi connectivity index (χ2n) is 9.84. The Kier molecular flexibility index (Phi) is 15.5. The minimum absolute atomic E-state index is 0.0423. The van der Waals surface area contributed by atoms with Gasteiger partial charge in [0.25, 0.3) is 0 Å². The second-order valence-corrected chi connectivity index (χ2v) is 9.84. The molecule has 0 aliphatic heterocycles. The molecule has 0 aliphatic carbocycles. The SMILES string of the molecule is CC(C)CC(N)C(=O)NC(CCCN=C(N)N)C(=O)NC(CC(C)C)C(=O)NC(CCC(N)=O)C(=O)O. The summed E-state index contributed by atoms with van der Waals surface area (Å²) in [6.07, 6.45) is 0.685. The third-order valence-corrected chi connectivity index (χ3v) is 5.27. The van der Waals surface area contributed by atoms with Gasteiger partial charge in [-0.15, -0.1) is 0 Å². The van der Waals surface area contributed by atoms with Crippen LogP contribution in [0.3, 0.4) is 0 Å². The van der Waals surface area contributed by atoms with Crippen LogP contribution in [0.25, 0.3) is 0 Å². The Labute approximate surface area is 217 Å². The number of carboxylic acids is 1. The van der Waals surface area contributed by atoms with E-state index in [0.717, 1.165) is 0 Å². The van der Waals surface area contributed by atoms with E-state index in [1.807, 2.05) is 27.7 Å². The molecule has 0 aromatic carbocycles. The standard InChI is InChI=1S/C23H44N8O6/c1-12(2)10-14(24)19(33)29-15(6-5-9-28-23(26)27)20(34)31-17(11-13(3)4)21(35)30-16(22(36)37)7-8-18(25)32/h12-17H,5-11,24H2,1-4H3,(H2,25,32)(H,29,33)(H,30,35)(H,31,34)(H,36,37)(H4,26,27,28). The van der Waals surface area contributed by atoms with Crippen LogP contribution < -0.4 is 38.9 Å². The van der Waals surface area contributed by atoms with E-state index in [2.05, 4.69) is 20.9 Å². The molecule has 212 valence electrons. The van der Waals surface area contributed by atoms with Crippen molar-refractivity contribution in [2.75, 3.05) is 6.54 Å². The Morgan fingerprint density at radius 1 is 0.757 bits per heavy atom. The van der Waals surface area contributed by atoms with E-state index in [-0.39, 0.29) is 50.0 Å². The van der Waals surface area contributed by atoms with E-state index in [1.54, 1.807) is 0 Å². The molecule has 12 N–H and O–H groups in total. The lowest BCUT2D eigenvalue weighted by Gasteiger charge is -2.26. The number of rotatable bonds is 18. The lowest BCUT2D eigenvalue weighted by atomic mass is 10.0. The Morgan fingerprint density at radius 2 is 1.27 bits per heavy atom. The number of guanidine groups is 1. The average molecular weight is 529 g/mol. The fourth-order valence-electron chi connectivity index (χ4n) is 3.46. The Hall–Kier alpha value is -3.42. The van der Waals surface area contributed by atoms with Crippen LogP contribution >= 0.6 is 0 Å². The topological polar surface area (TPSA) is 258 Å². The number of hydrogen-bond donors (Lipinski definition) is 8. The van der Waals surface area contributed by atoms with E-state index >= 15 is 0 Å².